The second kappa shape index (κ2) is 9.07. The monoisotopic (exact) mass is 373 g/mol. The first-order chi connectivity index (χ1) is 12.9. The van der Waals surface area contributed by atoms with Gasteiger partial charge in [-0.3, -0.25) is 15.1 Å². The summed E-state index contributed by atoms with van der Waals surface area (Å²) in [5.74, 6) is -1.12. The fourth-order valence-corrected chi connectivity index (χ4v) is 3.28. The van der Waals surface area contributed by atoms with Gasteiger partial charge in [-0.15, -0.1) is 0 Å². The quantitative estimate of drug-likeness (QED) is 0.314. The van der Waals surface area contributed by atoms with E-state index in [4.69, 9.17) is 9.57 Å². The van der Waals surface area contributed by atoms with Crippen LogP contribution in [0, 0.1) is 16.0 Å². The van der Waals surface area contributed by atoms with Gasteiger partial charge in [-0.05, 0) is 32.8 Å². The van der Waals surface area contributed by atoms with Gasteiger partial charge >= 0.3 is 5.97 Å². The van der Waals surface area contributed by atoms with E-state index < -0.39 is 16.8 Å². The highest BCUT2D eigenvalue weighted by atomic mass is 16.6. The molecule has 1 aliphatic heterocycles. The second-order valence-corrected chi connectivity index (χ2v) is 6.12. The maximum Gasteiger partial charge on any atom is 0.336 e. The molecule has 1 heterocycles. The van der Waals surface area contributed by atoms with Crippen LogP contribution in [0.15, 0.2) is 45.7 Å². The van der Waals surface area contributed by atoms with Crippen LogP contribution in [0.25, 0.3) is 0 Å². The molecule has 1 aliphatic rings. The average molecular weight is 373 g/mol. The fourth-order valence-electron chi connectivity index (χ4n) is 3.28. The number of aliphatic imine (C=N–C) groups is 1. The number of hydrogen-bond acceptors (Lipinski definition) is 7. The Balaban J connectivity index is 2.55. The Hall–Kier alpha value is -3.03. The number of nitro groups is 1. The number of methoxy groups -OCH3 is 1. The van der Waals surface area contributed by atoms with E-state index in [9.17, 15) is 14.9 Å². The fraction of sp³-hybridized carbons (Fsp3) is 0.421. The molecule has 2 rings (SSSR count). The molecule has 0 radical (unpaired) electrons. The van der Waals surface area contributed by atoms with Crippen LogP contribution in [-0.2, 0) is 14.4 Å². The summed E-state index contributed by atoms with van der Waals surface area (Å²) in [6.07, 6.45) is 2.10. The summed E-state index contributed by atoms with van der Waals surface area (Å²) in [6.45, 7) is 5.90. The number of non-ortho nitro benzene ring substituents is 1. The third kappa shape index (κ3) is 4.58. The van der Waals surface area contributed by atoms with Crippen molar-refractivity contribution < 1.29 is 19.3 Å². The van der Waals surface area contributed by atoms with E-state index in [2.05, 4.69) is 10.1 Å². The number of carbonyl (C=O) groups is 1. The standard InChI is InChI=1S/C19H23N3O5/c1-5-27-20-10-9-16-12(2)21-13(3)17(19(23)26-4)18(16)14-7-6-8-15(11-14)22(24)25/h6-8,10-11,16,18H,5,9H2,1-4H3/b20-10+. The lowest BCUT2D eigenvalue weighted by atomic mass is 9.74. The number of hydrogen-bond donors (Lipinski definition) is 0. The molecule has 1 aromatic rings. The van der Waals surface area contributed by atoms with E-state index >= 15 is 0 Å². The topological polar surface area (TPSA) is 103 Å². The van der Waals surface area contributed by atoms with E-state index in [1.54, 1.807) is 25.3 Å². The summed E-state index contributed by atoms with van der Waals surface area (Å²) in [4.78, 5) is 32.7. The van der Waals surface area contributed by atoms with Gasteiger partial charge in [0.25, 0.3) is 5.69 Å². The Morgan fingerprint density at radius 2 is 2.15 bits per heavy atom. The second-order valence-electron chi connectivity index (χ2n) is 6.12. The molecule has 0 amide bonds. The zero-order valence-corrected chi connectivity index (χ0v) is 15.8. The first-order valence-corrected chi connectivity index (χ1v) is 8.63. The molecule has 8 heteroatoms. The van der Waals surface area contributed by atoms with Crippen LogP contribution in [0.2, 0.25) is 0 Å². The molecule has 1 aromatic carbocycles. The van der Waals surface area contributed by atoms with Crippen LogP contribution in [0.5, 0.6) is 0 Å². The van der Waals surface area contributed by atoms with Gasteiger partial charge in [0, 0.05) is 41.6 Å². The minimum absolute atomic E-state index is 0.0312. The van der Waals surface area contributed by atoms with Crippen molar-refractivity contribution in [3.05, 3.63) is 51.2 Å². The van der Waals surface area contributed by atoms with E-state index in [0.717, 1.165) is 5.71 Å². The molecular weight excluding hydrogens is 350 g/mol. The van der Waals surface area contributed by atoms with Crippen molar-refractivity contribution in [3.63, 3.8) is 0 Å². The lowest BCUT2D eigenvalue weighted by Gasteiger charge is -2.32. The van der Waals surface area contributed by atoms with Crippen LogP contribution >= 0.6 is 0 Å². The average Bonchev–Trinajstić information content (AvgIpc) is 2.65. The first kappa shape index (κ1) is 20.3. The Kier molecular flexibility index (Phi) is 6.81. The van der Waals surface area contributed by atoms with Crippen molar-refractivity contribution in [2.24, 2.45) is 16.1 Å². The number of benzene rings is 1. The summed E-state index contributed by atoms with van der Waals surface area (Å²) in [7, 11) is 1.31. The van der Waals surface area contributed by atoms with Crippen molar-refractivity contribution in [2.45, 2.75) is 33.1 Å². The molecule has 0 spiro atoms. The summed E-state index contributed by atoms with van der Waals surface area (Å²) < 4.78 is 4.96. The van der Waals surface area contributed by atoms with Crippen LogP contribution in [0.3, 0.4) is 0 Å². The van der Waals surface area contributed by atoms with Crippen LogP contribution in [-0.4, -0.2) is 36.5 Å². The molecule has 0 aromatic heterocycles. The Labute approximate surface area is 157 Å². The lowest BCUT2D eigenvalue weighted by molar-refractivity contribution is -0.384. The molecule has 0 bridgehead atoms. The van der Waals surface area contributed by atoms with Gasteiger partial charge in [0.1, 0.15) is 6.61 Å². The minimum Gasteiger partial charge on any atom is -0.466 e. The predicted molar refractivity (Wildman–Crippen MR) is 102 cm³/mol. The highest BCUT2D eigenvalue weighted by Crippen LogP contribution is 2.41. The summed E-state index contributed by atoms with van der Waals surface area (Å²) in [5, 5.41) is 15.1. The summed E-state index contributed by atoms with van der Waals surface area (Å²) in [6, 6.07) is 6.31. The normalized spacial score (nSPS) is 19.8. The number of allylic oxidation sites excluding steroid dienone is 1. The van der Waals surface area contributed by atoms with E-state index in [-0.39, 0.29) is 11.6 Å². The number of ether oxygens (including phenoxy) is 1. The maximum atomic E-state index is 12.5. The van der Waals surface area contributed by atoms with Gasteiger partial charge in [0.2, 0.25) is 0 Å². The van der Waals surface area contributed by atoms with Crippen molar-refractivity contribution in [3.8, 4) is 0 Å². The molecule has 144 valence electrons. The van der Waals surface area contributed by atoms with Gasteiger partial charge in [-0.25, -0.2) is 4.79 Å². The molecule has 0 saturated carbocycles. The third-order valence-electron chi connectivity index (χ3n) is 4.47. The Bertz CT molecular complexity index is 813. The van der Waals surface area contributed by atoms with Crippen molar-refractivity contribution in [1.29, 1.82) is 0 Å². The van der Waals surface area contributed by atoms with Gasteiger partial charge < -0.3 is 9.57 Å². The number of oxime groups is 1. The van der Waals surface area contributed by atoms with Crippen LogP contribution in [0.1, 0.15) is 38.7 Å². The van der Waals surface area contributed by atoms with Crippen LogP contribution in [0.4, 0.5) is 5.69 Å². The molecule has 0 fully saturated rings. The molecular formula is C19H23N3O5. The van der Waals surface area contributed by atoms with Gasteiger partial charge in [-0.1, -0.05) is 17.3 Å². The van der Waals surface area contributed by atoms with E-state index in [1.807, 2.05) is 13.8 Å². The third-order valence-corrected chi connectivity index (χ3v) is 4.47. The molecule has 8 nitrogen and oxygen atoms in total. The lowest BCUT2D eigenvalue weighted by Crippen LogP contribution is -2.30. The number of rotatable bonds is 7. The smallest absolute Gasteiger partial charge is 0.336 e. The van der Waals surface area contributed by atoms with E-state index in [0.29, 0.717) is 29.9 Å². The van der Waals surface area contributed by atoms with Gasteiger partial charge in [0.15, 0.2) is 0 Å². The number of carbonyl (C=O) groups excluding carboxylic acids is 1. The number of nitro benzene ring substituents is 1. The van der Waals surface area contributed by atoms with Crippen molar-refractivity contribution >= 4 is 23.6 Å². The molecule has 2 atom stereocenters. The number of esters is 1. The van der Waals surface area contributed by atoms with Crippen LogP contribution < -0.4 is 0 Å². The van der Waals surface area contributed by atoms with Crippen molar-refractivity contribution in [2.75, 3.05) is 13.7 Å². The largest absolute Gasteiger partial charge is 0.466 e. The predicted octanol–water partition coefficient (Wildman–Crippen LogP) is 3.63. The van der Waals surface area contributed by atoms with Gasteiger partial charge in [-0.2, -0.15) is 0 Å². The Morgan fingerprint density at radius 1 is 1.41 bits per heavy atom. The first-order valence-electron chi connectivity index (χ1n) is 8.63. The molecule has 27 heavy (non-hydrogen) atoms. The summed E-state index contributed by atoms with van der Waals surface area (Å²) >= 11 is 0. The SMILES string of the molecule is CCO/N=C/CC1C(C)=NC(C)=C(C(=O)OC)C1c1cccc([N+](=O)[O-])c1. The summed E-state index contributed by atoms with van der Waals surface area (Å²) in [5.41, 5.74) is 2.40. The maximum absolute atomic E-state index is 12.5. The highest BCUT2D eigenvalue weighted by Gasteiger charge is 2.37. The van der Waals surface area contributed by atoms with Gasteiger partial charge in [0.05, 0.1) is 17.6 Å². The number of nitrogens with zero attached hydrogens (tertiary/aromatic N) is 3. The highest BCUT2D eigenvalue weighted by molar-refractivity contribution is 5.98. The zero-order valence-electron chi connectivity index (χ0n) is 15.8. The zero-order chi connectivity index (χ0) is 20.0. The van der Waals surface area contributed by atoms with Crippen molar-refractivity contribution in [1.82, 2.24) is 0 Å². The molecule has 0 saturated heterocycles. The molecule has 0 N–H and O–H groups in total. The minimum atomic E-state index is -0.494. The van der Waals surface area contributed by atoms with E-state index in [1.165, 1.54) is 19.2 Å². The molecule has 0 aliphatic carbocycles. The Morgan fingerprint density at radius 3 is 2.78 bits per heavy atom. The molecule has 2 unspecified atom stereocenters.